The third-order valence-corrected chi connectivity index (χ3v) is 1.17. The lowest BCUT2D eigenvalue weighted by Crippen LogP contribution is -2.13. The summed E-state index contributed by atoms with van der Waals surface area (Å²) in [4.78, 5) is 10.5. The highest BCUT2D eigenvalue weighted by Gasteiger charge is 2.11. The van der Waals surface area contributed by atoms with Gasteiger partial charge in [0.1, 0.15) is 0 Å². The molecule has 0 amide bonds. The summed E-state index contributed by atoms with van der Waals surface area (Å²) in [5, 5.41) is 2.37. The molecule has 5 heteroatoms. The molecule has 0 fully saturated rings. The zero-order valence-electron chi connectivity index (χ0n) is 5.05. The molecule has 1 aromatic heterocycles. The van der Waals surface area contributed by atoms with Gasteiger partial charge >= 0.3 is 0 Å². The van der Waals surface area contributed by atoms with E-state index < -0.39 is 0 Å². The molecule has 0 aliphatic carbocycles. The number of aromatic nitrogens is 2. The van der Waals surface area contributed by atoms with Gasteiger partial charge in [0, 0.05) is 6.92 Å². The summed E-state index contributed by atoms with van der Waals surface area (Å²) in [5.41, 5.74) is 6.33. The lowest BCUT2D eigenvalue weighted by molar-refractivity contribution is -0.718. The van der Waals surface area contributed by atoms with Crippen LogP contribution in [0.4, 0.5) is 0 Å². The van der Waals surface area contributed by atoms with Crippen molar-refractivity contribution in [2.45, 2.75) is 13.5 Å². The molecular formula is C4H8N3O2+. The second-order valence-corrected chi connectivity index (χ2v) is 1.72. The Balaban J connectivity index is 3.20. The van der Waals surface area contributed by atoms with Crippen LogP contribution in [0.2, 0.25) is 0 Å². The largest absolute Gasteiger partial charge is 0.323 e. The van der Waals surface area contributed by atoms with Crippen molar-refractivity contribution >= 4 is 0 Å². The molecule has 50 valence electrons. The molecule has 0 radical (unpaired) electrons. The first-order chi connectivity index (χ1) is 4.25. The average molecular weight is 130 g/mol. The number of aromatic amines is 1. The van der Waals surface area contributed by atoms with E-state index in [9.17, 15) is 4.91 Å². The Kier molecular flexibility index (Phi) is 1.35. The number of nitrogens with zero attached hydrogens (tertiary/aromatic N) is 1. The van der Waals surface area contributed by atoms with Gasteiger partial charge in [-0.3, -0.25) is 0 Å². The third-order valence-electron chi connectivity index (χ3n) is 1.17. The van der Waals surface area contributed by atoms with E-state index in [0.29, 0.717) is 22.5 Å². The van der Waals surface area contributed by atoms with Crippen LogP contribution in [0.25, 0.3) is 0 Å². The minimum absolute atomic E-state index is 0.296. The van der Waals surface area contributed by atoms with Crippen molar-refractivity contribution in [1.82, 2.24) is 5.16 Å². The molecule has 0 saturated carbocycles. The first-order valence-corrected chi connectivity index (χ1v) is 2.55. The quantitative estimate of drug-likeness (QED) is 0.527. The van der Waals surface area contributed by atoms with Gasteiger partial charge in [-0.15, -0.1) is 0 Å². The summed E-state index contributed by atoms with van der Waals surface area (Å²) in [6, 6.07) is 0. The number of H-pyrrole nitrogens is 1. The SMILES string of the molecule is Cc1c(CN)[nH]o[n+]1=O. The summed E-state index contributed by atoms with van der Waals surface area (Å²) in [7, 11) is 0. The normalized spacial score (nSPS) is 10.0. The van der Waals surface area contributed by atoms with Crippen molar-refractivity contribution in [1.29, 1.82) is 0 Å². The van der Waals surface area contributed by atoms with Gasteiger partial charge < -0.3 is 5.73 Å². The molecule has 0 spiro atoms. The topological polar surface area (TPSA) is 77.9 Å². The van der Waals surface area contributed by atoms with Gasteiger partial charge in [0.25, 0.3) is 0 Å². The number of hydrogen-bond donors (Lipinski definition) is 2. The zero-order valence-corrected chi connectivity index (χ0v) is 5.05. The smallest absolute Gasteiger partial charge is 0.243 e. The van der Waals surface area contributed by atoms with Crippen LogP contribution in [0.5, 0.6) is 0 Å². The van der Waals surface area contributed by atoms with Gasteiger partial charge in [-0.2, -0.15) is 0 Å². The zero-order chi connectivity index (χ0) is 6.85. The Hall–Kier alpha value is -1.10. The highest BCUT2D eigenvalue weighted by atomic mass is 16.7. The molecule has 0 aliphatic rings. The van der Waals surface area contributed by atoms with E-state index in [2.05, 4.69) is 9.79 Å². The molecule has 1 heterocycles. The highest BCUT2D eigenvalue weighted by molar-refractivity contribution is 4.98. The highest BCUT2D eigenvalue weighted by Crippen LogP contribution is 1.92. The van der Waals surface area contributed by atoms with Crippen molar-refractivity contribution in [3.8, 4) is 0 Å². The molecule has 3 N–H and O–H groups in total. The van der Waals surface area contributed by atoms with E-state index in [1.54, 1.807) is 6.92 Å². The van der Waals surface area contributed by atoms with E-state index in [0.717, 1.165) is 0 Å². The van der Waals surface area contributed by atoms with Crippen LogP contribution in [-0.2, 0) is 6.54 Å². The van der Waals surface area contributed by atoms with Gasteiger partial charge in [0.05, 0.1) is 6.54 Å². The van der Waals surface area contributed by atoms with E-state index >= 15 is 0 Å². The van der Waals surface area contributed by atoms with Crippen molar-refractivity contribution in [3.05, 3.63) is 16.3 Å². The fourth-order valence-corrected chi connectivity index (χ4v) is 0.538. The predicted octanol–water partition coefficient (Wildman–Crippen LogP) is -0.711. The summed E-state index contributed by atoms with van der Waals surface area (Å²) >= 11 is 0. The van der Waals surface area contributed by atoms with Crippen LogP contribution in [0.3, 0.4) is 0 Å². The fourth-order valence-electron chi connectivity index (χ4n) is 0.538. The van der Waals surface area contributed by atoms with Crippen molar-refractivity contribution < 1.29 is 9.23 Å². The third kappa shape index (κ3) is 0.857. The molecule has 0 saturated heterocycles. The van der Waals surface area contributed by atoms with Gasteiger partial charge in [0.2, 0.25) is 11.4 Å². The van der Waals surface area contributed by atoms with Crippen LogP contribution >= 0.6 is 0 Å². The van der Waals surface area contributed by atoms with Gasteiger partial charge in [-0.05, 0) is 4.91 Å². The molecule has 0 unspecified atom stereocenters. The molecule has 0 aromatic carbocycles. The van der Waals surface area contributed by atoms with Gasteiger partial charge in [-0.1, -0.05) is 9.79 Å². The summed E-state index contributed by atoms with van der Waals surface area (Å²) in [6.45, 7) is 1.93. The fraction of sp³-hybridized carbons (Fsp3) is 0.500. The lowest BCUT2D eigenvalue weighted by atomic mass is 10.3. The number of nitrogens with one attached hydrogen (secondary N) is 1. The Labute approximate surface area is 51.0 Å². The summed E-state index contributed by atoms with van der Waals surface area (Å²) in [6.07, 6.45) is 0. The molecular weight excluding hydrogens is 122 g/mol. The number of hydrogen-bond acceptors (Lipinski definition) is 3. The van der Waals surface area contributed by atoms with Crippen molar-refractivity contribution in [3.63, 3.8) is 0 Å². The van der Waals surface area contributed by atoms with Crippen LogP contribution in [0.15, 0.2) is 4.63 Å². The Morgan fingerprint density at radius 3 is 2.78 bits per heavy atom. The second kappa shape index (κ2) is 2.02. The van der Waals surface area contributed by atoms with E-state index in [-0.39, 0.29) is 0 Å². The first kappa shape index (κ1) is 6.03. The van der Waals surface area contributed by atoms with Crippen molar-refractivity contribution in [2.75, 3.05) is 0 Å². The summed E-state index contributed by atoms with van der Waals surface area (Å²) in [5.74, 6) is 0. The minimum Gasteiger partial charge on any atom is -0.323 e. The molecule has 0 aliphatic heterocycles. The van der Waals surface area contributed by atoms with Crippen molar-refractivity contribution in [2.24, 2.45) is 5.73 Å². The maximum absolute atomic E-state index is 10.5. The number of rotatable bonds is 1. The predicted molar refractivity (Wildman–Crippen MR) is 29.1 cm³/mol. The Morgan fingerprint density at radius 1 is 1.89 bits per heavy atom. The molecule has 0 bridgehead atoms. The lowest BCUT2D eigenvalue weighted by Gasteiger charge is -1.75. The van der Waals surface area contributed by atoms with Gasteiger partial charge in [0.15, 0.2) is 4.60 Å². The molecule has 5 nitrogen and oxygen atoms in total. The molecule has 1 rings (SSSR count). The van der Waals surface area contributed by atoms with Crippen LogP contribution in [0, 0.1) is 11.8 Å². The molecule has 1 aromatic rings. The van der Waals surface area contributed by atoms with Gasteiger partial charge in [-0.25, -0.2) is 0 Å². The van der Waals surface area contributed by atoms with E-state index in [1.807, 2.05) is 0 Å². The van der Waals surface area contributed by atoms with E-state index in [1.165, 1.54) is 0 Å². The van der Waals surface area contributed by atoms with Crippen LogP contribution < -0.4 is 10.3 Å². The Bertz CT molecular complexity index is 249. The second-order valence-electron chi connectivity index (χ2n) is 1.72. The minimum atomic E-state index is 0.296. The standard InChI is InChI=1S/C4H8N3O2/c1-3-4(2-5)6-9-7(3)8/h6H,2,5H2,1H3/q+1. The van der Waals surface area contributed by atoms with Crippen LogP contribution in [-0.4, -0.2) is 5.16 Å². The monoisotopic (exact) mass is 130 g/mol. The summed E-state index contributed by atoms with van der Waals surface area (Å²) < 4.78 is 4.73. The molecule has 0 atom stereocenters. The van der Waals surface area contributed by atoms with Crippen LogP contribution in [0.1, 0.15) is 11.4 Å². The first-order valence-electron chi connectivity index (χ1n) is 2.55. The van der Waals surface area contributed by atoms with E-state index in [4.69, 9.17) is 5.73 Å². The average Bonchev–Trinajstić information content (AvgIpc) is 2.15. The molecule has 9 heavy (non-hydrogen) atoms. The number of nitrogens with two attached hydrogens (primary N) is 1. The maximum atomic E-state index is 10.5. The maximum Gasteiger partial charge on any atom is 0.243 e. The Morgan fingerprint density at radius 2 is 2.56 bits per heavy atom.